The first-order valence-corrected chi connectivity index (χ1v) is 7.37. The minimum Gasteiger partial charge on any atom is -0.489 e. The highest BCUT2D eigenvalue weighted by Crippen LogP contribution is 2.23. The van der Waals surface area contributed by atoms with Crippen LogP contribution < -0.4 is 21.1 Å². The van der Waals surface area contributed by atoms with E-state index >= 15 is 0 Å². The van der Waals surface area contributed by atoms with Crippen LogP contribution in [0.2, 0.25) is 0 Å². The molecule has 1 aromatic carbocycles. The van der Waals surface area contributed by atoms with Crippen LogP contribution in [0.25, 0.3) is 0 Å². The van der Waals surface area contributed by atoms with Crippen molar-refractivity contribution in [3.8, 4) is 5.75 Å². The van der Waals surface area contributed by atoms with Crippen LogP contribution in [0.3, 0.4) is 0 Å². The first-order valence-electron chi connectivity index (χ1n) is 6.73. The second-order valence-corrected chi connectivity index (χ2v) is 4.95. The molecule has 21 heavy (non-hydrogen) atoms. The van der Waals surface area contributed by atoms with E-state index in [1.165, 1.54) is 0 Å². The normalized spacial score (nSPS) is 13.3. The molecule has 0 aliphatic heterocycles. The van der Waals surface area contributed by atoms with Crippen molar-refractivity contribution in [1.82, 2.24) is 5.32 Å². The molecule has 0 saturated carbocycles. The molecule has 0 heterocycles. The average molecular weight is 313 g/mol. The fourth-order valence-electron chi connectivity index (χ4n) is 1.54. The van der Waals surface area contributed by atoms with Gasteiger partial charge >= 0.3 is 6.03 Å². The molecule has 2 unspecified atom stereocenters. The van der Waals surface area contributed by atoms with Crippen LogP contribution in [0.5, 0.6) is 5.75 Å². The molecule has 0 aromatic heterocycles. The maximum atomic E-state index is 11.8. The number of anilines is 1. The Bertz CT molecular complexity index is 441. The molecule has 0 saturated heterocycles. The first-order chi connectivity index (χ1) is 10.1. The van der Waals surface area contributed by atoms with Crippen LogP contribution in [-0.2, 0) is 4.74 Å². The third-order valence-electron chi connectivity index (χ3n) is 2.81. The molecular formula is C14H23N3O3S. The molecule has 1 aromatic rings. The van der Waals surface area contributed by atoms with Gasteiger partial charge in [-0.3, -0.25) is 0 Å². The van der Waals surface area contributed by atoms with Crippen molar-refractivity contribution in [2.45, 2.75) is 19.1 Å². The molecule has 4 N–H and O–H groups in total. The summed E-state index contributed by atoms with van der Waals surface area (Å²) in [5, 5.41) is 5.52. The van der Waals surface area contributed by atoms with Crippen LogP contribution in [0.1, 0.15) is 6.92 Å². The lowest BCUT2D eigenvalue weighted by Crippen LogP contribution is -2.37. The third kappa shape index (κ3) is 6.24. The highest BCUT2D eigenvalue weighted by atomic mass is 32.1. The Hall–Kier alpha value is -1.44. The van der Waals surface area contributed by atoms with E-state index in [2.05, 4.69) is 23.3 Å². The van der Waals surface area contributed by atoms with Gasteiger partial charge in [0.05, 0.1) is 5.69 Å². The average Bonchev–Trinajstić information content (AvgIpc) is 2.49. The summed E-state index contributed by atoms with van der Waals surface area (Å²) in [6.45, 7) is 2.56. The number of carbonyl (C=O) groups is 1. The van der Waals surface area contributed by atoms with Gasteiger partial charge in [0.25, 0.3) is 0 Å². The number of methoxy groups -OCH3 is 1. The standard InChI is InChI=1S/C14H23N3O3S/c1-10(9-21)16-14(18)17-12-5-3-4-6-13(12)20-8-11(7-15)19-2/h3-6,10-11,21H,7-9,15H2,1-2H3,(H2,16,17,18). The number of hydrogen-bond donors (Lipinski definition) is 4. The first kappa shape index (κ1) is 17.6. The summed E-state index contributed by atoms with van der Waals surface area (Å²) in [5.41, 5.74) is 6.14. The number of nitrogens with two attached hydrogens (primary N) is 1. The largest absolute Gasteiger partial charge is 0.489 e. The molecule has 6 nitrogen and oxygen atoms in total. The molecule has 0 aliphatic carbocycles. The van der Waals surface area contributed by atoms with Gasteiger partial charge in [-0.05, 0) is 19.1 Å². The maximum Gasteiger partial charge on any atom is 0.319 e. The van der Waals surface area contributed by atoms with Gasteiger partial charge in [0.2, 0.25) is 0 Å². The van der Waals surface area contributed by atoms with Crippen LogP contribution in [-0.4, -0.2) is 44.2 Å². The summed E-state index contributed by atoms with van der Waals surface area (Å²) < 4.78 is 10.8. The van der Waals surface area contributed by atoms with Crippen molar-refractivity contribution >= 4 is 24.3 Å². The number of urea groups is 1. The number of hydrogen-bond acceptors (Lipinski definition) is 5. The molecular weight excluding hydrogens is 290 g/mol. The van der Waals surface area contributed by atoms with Crippen LogP contribution in [0, 0.1) is 0 Å². The number of ether oxygens (including phenoxy) is 2. The summed E-state index contributed by atoms with van der Waals surface area (Å²) >= 11 is 4.12. The van der Waals surface area contributed by atoms with Gasteiger partial charge in [-0.1, -0.05) is 12.1 Å². The molecule has 0 fully saturated rings. The second-order valence-electron chi connectivity index (χ2n) is 4.58. The van der Waals surface area contributed by atoms with E-state index < -0.39 is 0 Å². The fourth-order valence-corrected chi connectivity index (χ4v) is 1.63. The zero-order valence-corrected chi connectivity index (χ0v) is 13.2. The maximum absolute atomic E-state index is 11.8. The van der Waals surface area contributed by atoms with Gasteiger partial charge in [0.15, 0.2) is 0 Å². The number of carbonyl (C=O) groups excluding carboxylic acids is 1. The molecule has 0 radical (unpaired) electrons. The van der Waals surface area contributed by atoms with Gasteiger partial charge in [-0.15, -0.1) is 0 Å². The number of nitrogens with one attached hydrogen (secondary N) is 2. The molecule has 0 bridgehead atoms. The van der Waals surface area contributed by atoms with E-state index in [0.717, 1.165) is 0 Å². The van der Waals surface area contributed by atoms with Gasteiger partial charge in [-0.2, -0.15) is 12.6 Å². The molecule has 0 aliphatic rings. The quantitative estimate of drug-likeness (QED) is 0.548. The summed E-state index contributed by atoms with van der Waals surface area (Å²) in [7, 11) is 1.58. The van der Waals surface area contributed by atoms with Gasteiger partial charge < -0.3 is 25.8 Å². The molecule has 0 spiro atoms. The van der Waals surface area contributed by atoms with Gasteiger partial charge in [0.1, 0.15) is 18.5 Å². The zero-order valence-electron chi connectivity index (χ0n) is 12.3. The van der Waals surface area contributed by atoms with Gasteiger partial charge in [0, 0.05) is 25.4 Å². The molecule has 7 heteroatoms. The van der Waals surface area contributed by atoms with Crippen molar-refractivity contribution in [3.05, 3.63) is 24.3 Å². The van der Waals surface area contributed by atoms with E-state index in [0.29, 0.717) is 30.3 Å². The lowest BCUT2D eigenvalue weighted by atomic mass is 10.3. The summed E-state index contributed by atoms with van der Waals surface area (Å²) in [6, 6.07) is 6.89. The fraction of sp³-hybridized carbons (Fsp3) is 0.500. The van der Waals surface area contributed by atoms with E-state index in [4.69, 9.17) is 15.2 Å². The van der Waals surface area contributed by atoms with Crippen LogP contribution in [0.15, 0.2) is 24.3 Å². The second kappa shape index (κ2) is 9.49. The predicted octanol–water partition coefficient (Wildman–Crippen LogP) is 1.48. The Morgan fingerprint density at radius 1 is 1.43 bits per heavy atom. The lowest BCUT2D eigenvalue weighted by Gasteiger charge is -2.17. The molecule has 2 atom stereocenters. The zero-order chi connectivity index (χ0) is 15.7. The SMILES string of the molecule is COC(CN)COc1ccccc1NC(=O)NC(C)CS. The van der Waals surface area contributed by atoms with Crippen molar-refractivity contribution < 1.29 is 14.3 Å². The minimum atomic E-state index is -0.297. The Morgan fingerprint density at radius 3 is 2.76 bits per heavy atom. The minimum absolute atomic E-state index is 0.0171. The Morgan fingerprint density at radius 2 is 2.14 bits per heavy atom. The number of benzene rings is 1. The Labute approximate surface area is 130 Å². The number of amides is 2. The van der Waals surface area contributed by atoms with Crippen molar-refractivity contribution in [1.29, 1.82) is 0 Å². The Kier molecular flexibility index (Phi) is 7.96. The number of thiol groups is 1. The van der Waals surface area contributed by atoms with Crippen LogP contribution in [0.4, 0.5) is 10.5 Å². The summed E-state index contributed by atoms with van der Waals surface area (Å²) in [4.78, 5) is 11.8. The van der Waals surface area contributed by atoms with Crippen LogP contribution >= 0.6 is 12.6 Å². The molecule has 1 rings (SSSR count). The predicted molar refractivity (Wildman–Crippen MR) is 87.3 cm³/mol. The van der Waals surface area contributed by atoms with E-state index in [9.17, 15) is 4.79 Å². The highest BCUT2D eigenvalue weighted by molar-refractivity contribution is 7.80. The molecule has 2 amide bonds. The van der Waals surface area contributed by atoms with Crippen molar-refractivity contribution in [2.24, 2.45) is 5.73 Å². The summed E-state index contributed by atoms with van der Waals surface area (Å²) in [5.74, 6) is 1.14. The summed E-state index contributed by atoms with van der Waals surface area (Å²) in [6.07, 6.45) is -0.184. The highest BCUT2D eigenvalue weighted by Gasteiger charge is 2.11. The number of rotatable bonds is 8. The number of para-hydroxylation sites is 2. The van der Waals surface area contributed by atoms with E-state index in [1.54, 1.807) is 19.2 Å². The Balaban J connectivity index is 2.64. The van der Waals surface area contributed by atoms with E-state index in [-0.39, 0.29) is 18.2 Å². The lowest BCUT2D eigenvalue weighted by molar-refractivity contribution is 0.0646. The smallest absolute Gasteiger partial charge is 0.319 e. The topological polar surface area (TPSA) is 85.6 Å². The third-order valence-corrected chi connectivity index (χ3v) is 3.36. The van der Waals surface area contributed by atoms with Crippen molar-refractivity contribution in [3.63, 3.8) is 0 Å². The van der Waals surface area contributed by atoms with E-state index in [1.807, 2.05) is 19.1 Å². The van der Waals surface area contributed by atoms with Crippen molar-refractivity contribution in [2.75, 3.05) is 31.3 Å². The molecule has 118 valence electrons. The van der Waals surface area contributed by atoms with Gasteiger partial charge in [-0.25, -0.2) is 4.79 Å². The monoisotopic (exact) mass is 313 g/mol.